The molecule has 1 aromatic carbocycles. The van der Waals surface area contributed by atoms with Crippen LogP contribution in [-0.2, 0) is 6.18 Å². The third kappa shape index (κ3) is 4.17. The van der Waals surface area contributed by atoms with Gasteiger partial charge in [-0.2, -0.15) is 13.2 Å². The molecule has 5 atom stereocenters. The number of aromatic nitrogens is 1. The van der Waals surface area contributed by atoms with Crippen LogP contribution in [0.5, 0.6) is 0 Å². The molecule has 9 heteroatoms. The van der Waals surface area contributed by atoms with Gasteiger partial charge in [0, 0.05) is 17.1 Å². The first kappa shape index (κ1) is 20.8. The zero-order valence-corrected chi connectivity index (χ0v) is 17.6. The highest BCUT2D eigenvalue weighted by Crippen LogP contribution is 2.55. The normalized spacial score (nSPS) is 32.0. The highest BCUT2D eigenvalue weighted by molar-refractivity contribution is 7.14. The van der Waals surface area contributed by atoms with Gasteiger partial charge in [-0.05, 0) is 80.5 Å². The van der Waals surface area contributed by atoms with Gasteiger partial charge in [0.05, 0.1) is 11.2 Å². The summed E-state index contributed by atoms with van der Waals surface area (Å²) in [6.07, 6.45) is 1.22. The van der Waals surface area contributed by atoms with Crippen LogP contribution in [0.15, 0.2) is 29.6 Å². The second-order valence-corrected chi connectivity index (χ2v) is 10.1. The van der Waals surface area contributed by atoms with Crippen LogP contribution in [-0.4, -0.2) is 27.6 Å². The maximum atomic E-state index is 12.8. The van der Waals surface area contributed by atoms with E-state index in [-0.39, 0.29) is 11.9 Å². The van der Waals surface area contributed by atoms with E-state index in [1.807, 2.05) is 0 Å². The molecule has 1 heterocycles. The largest absolute Gasteiger partial charge is 0.416 e. The number of thiazole rings is 1. The minimum Gasteiger partial charge on any atom is -0.390 e. The molecular formula is C22H24F3N3O2S. The van der Waals surface area contributed by atoms with E-state index in [2.05, 4.69) is 15.6 Å². The zero-order chi connectivity index (χ0) is 21.8. The molecule has 0 saturated heterocycles. The number of hydrogen-bond donors (Lipinski definition) is 3. The number of rotatable bonds is 4. The Bertz CT molecular complexity index is 977. The van der Waals surface area contributed by atoms with Crippen molar-refractivity contribution >= 4 is 28.1 Å². The van der Waals surface area contributed by atoms with E-state index in [0.717, 1.165) is 50.7 Å². The summed E-state index contributed by atoms with van der Waals surface area (Å²) >= 11 is 1.23. The van der Waals surface area contributed by atoms with Gasteiger partial charge >= 0.3 is 6.18 Å². The number of amides is 1. The fraction of sp³-hybridized carbons (Fsp3) is 0.545. The molecule has 166 valence electrons. The number of nitrogens with one attached hydrogen (secondary N) is 2. The number of benzene rings is 1. The van der Waals surface area contributed by atoms with Crippen molar-refractivity contribution in [2.75, 3.05) is 5.32 Å². The van der Waals surface area contributed by atoms with Crippen molar-refractivity contribution in [2.45, 2.75) is 56.3 Å². The van der Waals surface area contributed by atoms with Crippen molar-refractivity contribution in [3.8, 4) is 0 Å². The third-order valence-corrected chi connectivity index (χ3v) is 7.85. The lowest BCUT2D eigenvalue weighted by Gasteiger charge is -2.33. The number of carbonyl (C=O) groups excluding carboxylic acids is 1. The quantitative estimate of drug-likeness (QED) is 0.614. The van der Waals surface area contributed by atoms with Crippen molar-refractivity contribution in [1.82, 2.24) is 10.3 Å². The number of nitrogens with zero attached hydrogens (tertiary/aromatic N) is 1. The first-order valence-corrected chi connectivity index (χ1v) is 11.5. The topological polar surface area (TPSA) is 74.2 Å². The summed E-state index contributed by atoms with van der Waals surface area (Å²) in [7, 11) is 0. The van der Waals surface area contributed by atoms with E-state index in [1.165, 1.54) is 23.5 Å². The fourth-order valence-electron chi connectivity index (χ4n) is 5.84. The van der Waals surface area contributed by atoms with Gasteiger partial charge in [0.2, 0.25) is 0 Å². The average molecular weight is 452 g/mol. The number of anilines is 2. The van der Waals surface area contributed by atoms with E-state index in [1.54, 1.807) is 5.38 Å². The van der Waals surface area contributed by atoms with Crippen LogP contribution in [0.3, 0.4) is 0 Å². The Hall–Kier alpha value is -2.13. The molecule has 3 aliphatic rings. The van der Waals surface area contributed by atoms with Crippen molar-refractivity contribution < 1.29 is 23.1 Å². The molecular weight excluding hydrogens is 427 g/mol. The summed E-state index contributed by atoms with van der Waals surface area (Å²) in [6.45, 7) is 0. The lowest BCUT2D eigenvalue weighted by Crippen LogP contribution is -2.42. The van der Waals surface area contributed by atoms with Crippen LogP contribution in [0.1, 0.15) is 54.6 Å². The van der Waals surface area contributed by atoms with Crippen LogP contribution in [0.2, 0.25) is 0 Å². The molecule has 1 amide bonds. The van der Waals surface area contributed by atoms with Crippen LogP contribution >= 0.6 is 11.3 Å². The number of fused-ring (bicyclic) bond motifs is 2. The van der Waals surface area contributed by atoms with Gasteiger partial charge in [-0.1, -0.05) is 0 Å². The molecule has 0 aliphatic heterocycles. The summed E-state index contributed by atoms with van der Waals surface area (Å²) in [6, 6.07) is 4.74. The molecule has 3 N–H and O–H groups in total. The average Bonchev–Trinajstić information content (AvgIpc) is 3.23. The molecule has 3 fully saturated rings. The lowest BCUT2D eigenvalue weighted by atomic mass is 9.77. The minimum atomic E-state index is -4.38. The summed E-state index contributed by atoms with van der Waals surface area (Å²) in [5.74, 6) is 1.10. The van der Waals surface area contributed by atoms with E-state index < -0.39 is 17.3 Å². The molecule has 3 bridgehead atoms. The summed E-state index contributed by atoms with van der Waals surface area (Å²) < 4.78 is 38.1. The van der Waals surface area contributed by atoms with Gasteiger partial charge < -0.3 is 15.7 Å². The molecule has 0 radical (unpaired) electrons. The van der Waals surface area contributed by atoms with E-state index in [0.29, 0.717) is 34.3 Å². The predicted octanol–water partition coefficient (Wildman–Crippen LogP) is 4.97. The van der Waals surface area contributed by atoms with Gasteiger partial charge in [-0.25, -0.2) is 4.98 Å². The molecule has 3 saturated carbocycles. The van der Waals surface area contributed by atoms with Crippen LogP contribution in [0.25, 0.3) is 0 Å². The standard InChI is InChI=1S/C22H24F3N3O2S/c23-22(24,25)14-2-4-15(5-3-14)26-20-28-18(11-31-20)19(29)27-17-6-1-12-7-13-9-21(30,8-12)10-16(13)17/h2-5,11-13,16-17,30H,1,6-10H2,(H,26,28)(H,27,29)/t12?,13?,16?,17-,21-/m0/s1. The number of halogens is 3. The monoisotopic (exact) mass is 451 g/mol. The smallest absolute Gasteiger partial charge is 0.390 e. The Morgan fingerprint density at radius 1 is 1.16 bits per heavy atom. The van der Waals surface area contributed by atoms with Gasteiger partial charge in [0.1, 0.15) is 5.69 Å². The molecule has 5 rings (SSSR count). The Kier molecular flexibility index (Phi) is 5.01. The minimum absolute atomic E-state index is 0.0462. The third-order valence-electron chi connectivity index (χ3n) is 7.09. The van der Waals surface area contributed by atoms with Crippen molar-refractivity contribution in [3.05, 3.63) is 40.9 Å². The molecule has 3 aliphatic carbocycles. The van der Waals surface area contributed by atoms with E-state index in [4.69, 9.17) is 0 Å². The highest BCUT2D eigenvalue weighted by atomic mass is 32.1. The number of hydrogen-bond acceptors (Lipinski definition) is 5. The van der Waals surface area contributed by atoms with Crippen molar-refractivity contribution in [3.63, 3.8) is 0 Å². The van der Waals surface area contributed by atoms with Gasteiger partial charge in [0.25, 0.3) is 5.91 Å². The second-order valence-electron chi connectivity index (χ2n) is 9.26. The Balaban J connectivity index is 1.23. The first-order valence-electron chi connectivity index (χ1n) is 10.6. The lowest BCUT2D eigenvalue weighted by molar-refractivity contribution is -0.137. The van der Waals surface area contributed by atoms with Crippen LogP contribution in [0.4, 0.5) is 24.0 Å². The van der Waals surface area contributed by atoms with Gasteiger partial charge in [0.15, 0.2) is 5.13 Å². The molecule has 1 aromatic heterocycles. The summed E-state index contributed by atoms with van der Waals surface area (Å²) in [4.78, 5) is 17.1. The number of alkyl halides is 3. The summed E-state index contributed by atoms with van der Waals surface area (Å²) in [5, 5.41) is 19.0. The number of aliphatic hydroxyl groups is 1. The molecule has 0 spiro atoms. The Labute approximate surface area is 182 Å². The van der Waals surface area contributed by atoms with Crippen LogP contribution < -0.4 is 10.6 Å². The first-order chi connectivity index (χ1) is 14.7. The Morgan fingerprint density at radius 2 is 1.94 bits per heavy atom. The fourth-order valence-corrected chi connectivity index (χ4v) is 6.56. The maximum Gasteiger partial charge on any atom is 0.416 e. The zero-order valence-electron chi connectivity index (χ0n) is 16.8. The predicted molar refractivity (Wildman–Crippen MR) is 111 cm³/mol. The molecule has 31 heavy (non-hydrogen) atoms. The van der Waals surface area contributed by atoms with E-state index >= 15 is 0 Å². The maximum absolute atomic E-state index is 12.8. The highest BCUT2D eigenvalue weighted by Gasteiger charge is 2.53. The molecule has 5 nitrogen and oxygen atoms in total. The molecule has 3 unspecified atom stereocenters. The van der Waals surface area contributed by atoms with Crippen LogP contribution in [0, 0.1) is 17.8 Å². The Morgan fingerprint density at radius 3 is 2.68 bits per heavy atom. The van der Waals surface area contributed by atoms with Gasteiger partial charge in [-0.3, -0.25) is 4.79 Å². The summed E-state index contributed by atoms with van der Waals surface area (Å²) in [5.41, 5.74) is -0.504. The second kappa shape index (κ2) is 7.48. The molecule has 2 aromatic rings. The number of carbonyl (C=O) groups is 1. The van der Waals surface area contributed by atoms with Crippen molar-refractivity contribution in [2.24, 2.45) is 17.8 Å². The SMILES string of the molecule is O=C(N[C@H]1CCC2CC3C[C@@](O)(C2)CC31)c1csc(Nc2ccc(C(F)(F)F)cc2)n1. The van der Waals surface area contributed by atoms with Gasteiger partial charge in [-0.15, -0.1) is 11.3 Å². The van der Waals surface area contributed by atoms with E-state index in [9.17, 15) is 23.1 Å². The van der Waals surface area contributed by atoms with Crippen molar-refractivity contribution in [1.29, 1.82) is 0 Å².